The molecule has 4 heteroatoms. The molecule has 0 atom stereocenters. The molecule has 1 spiro atoms. The number of nitrogens with zero attached hydrogens (tertiary/aromatic N) is 1. The van der Waals surface area contributed by atoms with Crippen molar-refractivity contribution in [2.45, 2.75) is 70.9 Å². The van der Waals surface area contributed by atoms with E-state index in [-0.39, 0.29) is 11.0 Å². The summed E-state index contributed by atoms with van der Waals surface area (Å²) in [6.07, 6.45) is 6.87. The van der Waals surface area contributed by atoms with Crippen molar-refractivity contribution in [1.29, 1.82) is 0 Å². The van der Waals surface area contributed by atoms with Crippen molar-refractivity contribution >= 4 is 9.73 Å². The van der Waals surface area contributed by atoms with Crippen LogP contribution < -0.4 is 0 Å². The average Bonchev–Trinajstić information content (AvgIpc) is 3.10. The molecular formula is C16H29NO2S. The van der Waals surface area contributed by atoms with Crippen LogP contribution in [0.25, 0.3) is 0 Å². The molecule has 0 aromatic rings. The van der Waals surface area contributed by atoms with Crippen LogP contribution in [0.1, 0.15) is 59.3 Å². The van der Waals surface area contributed by atoms with E-state index in [9.17, 15) is 4.21 Å². The van der Waals surface area contributed by atoms with Crippen LogP contribution in [0.4, 0.5) is 0 Å². The predicted molar refractivity (Wildman–Crippen MR) is 83.4 cm³/mol. The third-order valence-electron chi connectivity index (χ3n) is 5.83. The monoisotopic (exact) mass is 299 g/mol. The first-order chi connectivity index (χ1) is 9.22. The minimum Gasteiger partial charge on any atom is -0.378 e. The van der Waals surface area contributed by atoms with E-state index in [0.29, 0.717) is 11.5 Å². The van der Waals surface area contributed by atoms with Crippen molar-refractivity contribution in [2.24, 2.45) is 15.2 Å². The summed E-state index contributed by atoms with van der Waals surface area (Å²) in [4.78, 5) is 0. The van der Waals surface area contributed by atoms with Crippen LogP contribution >= 0.6 is 0 Å². The minimum atomic E-state index is -1.83. The molecule has 1 heterocycles. The molecule has 0 unspecified atom stereocenters. The number of hydrogen-bond donors (Lipinski definition) is 0. The Balaban J connectivity index is 1.67. The first-order valence-corrected chi connectivity index (χ1v) is 9.84. The molecule has 0 aromatic carbocycles. The summed E-state index contributed by atoms with van der Waals surface area (Å²) in [6, 6.07) is 0.441. The lowest BCUT2D eigenvalue weighted by Gasteiger charge is -2.55. The third kappa shape index (κ3) is 2.43. The summed E-state index contributed by atoms with van der Waals surface area (Å²) >= 11 is 0. The molecule has 3 rings (SSSR count). The molecule has 0 amide bonds. The van der Waals surface area contributed by atoms with Gasteiger partial charge in [0.25, 0.3) is 0 Å². The number of hydrogen-bond acceptors (Lipinski definition) is 3. The molecule has 3 fully saturated rings. The minimum absolute atomic E-state index is 0.00233. The fourth-order valence-corrected chi connectivity index (χ4v) is 7.48. The van der Waals surface area contributed by atoms with E-state index in [1.54, 1.807) is 0 Å². The second-order valence-corrected chi connectivity index (χ2v) is 10.7. The first kappa shape index (κ1) is 14.8. The Hall–Kier alpha value is -0.0900. The quantitative estimate of drug-likeness (QED) is 0.781. The Morgan fingerprint density at radius 1 is 1.10 bits per heavy atom. The first-order valence-electron chi connectivity index (χ1n) is 7.98. The molecule has 20 heavy (non-hydrogen) atoms. The maximum Gasteiger partial charge on any atom is 0.0727 e. The molecule has 1 saturated heterocycles. The molecule has 0 aromatic heterocycles. The largest absolute Gasteiger partial charge is 0.378 e. The zero-order chi connectivity index (χ0) is 14.6. The van der Waals surface area contributed by atoms with E-state index in [1.165, 1.54) is 12.8 Å². The van der Waals surface area contributed by atoms with Crippen LogP contribution in [0.5, 0.6) is 0 Å². The lowest BCUT2D eigenvalue weighted by Crippen LogP contribution is -2.56. The zero-order valence-corrected chi connectivity index (χ0v) is 14.2. The topological polar surface area (TPSA) is 38.7 Å². The maximum atomic E-state index is 12.6. The SMILES string of the molecule is COC1(C(C)(C)C)CCC2(CC1)CS(=O)(=NC1CC1)C2. The van der Waals surface area contributed by atoms with E-state index in [2.05, 4.69) is 25.1 Å². The Morgan fingerprint density at radius 3 is 2.05 bits per heavy atom. The summed E-state index contributed by atoms with van der Waals surface area (Å²) in [5.74, 6) is 1.72. The summed E-state index contributed by atoms with van der Waals surface area (Å²) in [6.45, 7) is 6.84. The van der Waals surface area contributed by atoms with Crippen LogP contribution in [0.2, 0.25) is 0 Å². The van der Waals surface area contributed by atoms with Crippen LogP contribution in [0.3, 0.4) is 0 Å². The number of methoxy groups -OCH3 is 1. The van der Waals surface area contributed by atoms with Gasteiger partial charge in [-0.25, -0.2) is 8.57 Å². The van der Waals surface area contributed by atoms with Gasteiger partial charge in [-0.3, -0.25) is 0 Å². The van der Waals surface area contributed by atoms with Crippen molar-refractivity contribution in [1.82, 2.24) is 0 Å². The van der Waals surface area contributed by atoms with Gasteiger partial charge in [0.1, 0.15) is 0 Å². The standard InChI is InChI=1S/C16H29NO2S/c1-14(2,3)16(19-4)9-7-15(8-10-16)11-20(18,12-15)17-13-5-6-13/h13H,5-12H2,1-4H3. The summed E-state index contributed by atoms with van der Waals surface area (Å²) in [5.41, 5.74) is 0.498. The van der Waals surface area contributed by atoms with E-state index < -0.39 is 9.73 Å². The smallest absolute Gasteiger partial charge is 0.0727 e. The number of rotatable bonds is 2. The lowest BCUT2D eigenvalue weighted by molar-refractivity contribution is -0.130. The van der Waals surface area contributed by atoms with Crippen LogP contribution in [0.15, 0.2) is 4.36 Å². The Labute approximate surface area is 124 Å². The lowest BCUT2D eigenvalue weighted by atomic mass is 9.62. The van der Waals surface area contributed by atoms with E-state index in [0.717, 1.165) is 37.2 Å². The van der Waals surface area contributed by atoms with Gasteiger partial charge in [-0.1, -0.05) is 20.8 Å². The number of ether oxygens (including phenoxy) is 1. The zero-order valence-electron chi connectivity index (χ0n) is 13.4. The van der Waals surface area contributed by atoms with Gasteiger partial charge in [0, 0.05) is 28.3 Å². The van der Waals surface area contributed by atoms with E-state index >= 15 is 0 Å². The van der Waals surface area contributed by atoms with Crippen molar-refractivity contribution in [3.63, 3.8) is 0 Å². The molecule has 3 aliphatic rings. The van der Waals surface area contributed by atoms with Crippen molar-refractivity contribution < 1.29 is 8.95 Å². The van der Waals surface area contributed by atoms with Gasteiger partial charge in [0.15, 0.2) is 0 Å². The molecule has 0 N–H and O–H groups in total. The van der Waals surface area contributed by atoms with Gasteiger partial charge in [-0.2, -0.15) is 0 Å². The molecule has 3 nitrogen and oxygen atoms in total. The van der Waals surface area contributed by atoms with Gasteiger partial charge < -0.3 is 4.74 Å². The second kappa shape index (κ2) is 4.45. The van der Waals surface area contributed by atoms with Gasteiger partial charge >= 0.3 is 0 Å². The van der Waals surface area contributed by atoms with E-state index in [1.807, 2.05) is 7.11 Å². The molecular weight excluding hydrogens is 270 g/mol. The van der Waals surface area contributed by atoms with Crippen LogP contribution in [-0.4, -0.2) is 34.5 Å². The van der Waals surface area contributed by atoms with Gasteiger partial charge in [-0.15, -0.1) is 0 Å². The van der Waals surface area contributed by atoms with Gasteiger partial charge in [-0.05, 0) is 49.4 Å². The van der Waals surface area contributed by atoms with Crippen LogP contribution in [-0.2, 0) is 14.5 Å². The molecule has 2 aliphatic carbocycles. The Kier molecular flexibility index (Phi) is 3.30. The van der Waals surface area contributed by atoms with Crippen molar-refractivity contribution in [3.8, 4) is 0 Å². The highest BCUT2D eigenvalue weighted by molar-refractivity contribution is 7.95. The third-order valence-corrected chi connectivity index (χ3v) is 8.64. The van der Waals surface area contributed by atoms with Gasteiger partial charge in [0.05, 0.1) is 11.6 Å². The van der Waals surface area contributed by atoms with E-state index in [4.69, 9.17) is 4.74 Å². The fourth-order valence-electron chi connectivity index (χ4n) is 4.17. The average molecular weight is 299 g/mol. The van der Waals surface area contributed by atoms with Crippen molar-refractivity contribution in [2.75, 3.05) is 18.6 Å². The molecule has 1 aliphatic heterocycles. The summed E-state index contributed by atoms with van der Waals surface area (Å²) in [5, 5.41) is 0. The molecule has 2 saturated carbocycles. The van der Waals surface area contributed by atoms with Crippen molar-refractivity contribution in [3.05, 3.63) is 0 Å². The fraction of sp³-hybridized carbons (Fsp3) is 1.00. The summed E-state index contributed by atoms with van der Waals surface area (Å²) in [7, 11) is 0.0277. The molecule has 0 bridgehead atoms. The predicted octanol–water partition coefficient (Wildman–Crippen LogP) is 3.62. The maximum absolute atomic E-state index is 12.6. The Morgan fingerprint density at radius 2 is 1.65 bits per heavy atom. The highest BCUT2D eigenvalue weighted by Crippen LogP contribution is 2.54. The van der Waals surface area contributed by atoms with Crippen LogP contribution in [0, 0.1) is 10.8 Å². The highest BCUT2D eigenvalue weighted by Gasteiger charge is 2.55. The molecule has 116 valence electrons. The highest BCUT2D eigenvalue weighted by atomic mass is 32.2. The Bertz CT molecular complexity index is 485. The molecule has 0 radical (unpaired) electrons. The normalized spacial score (nSPS) is 45.2. The summed E-state index contributed by atoms with van der Waals surface area (Å²) < 4.78 is 23.1. The second-order valence-electron chi connectivity index (χ2n) is 8.35. The van der Waals surface area contributed by atoms with Gasteiger partial charge in [0.2, 0.25) is 0 Å².